The number of rotatable bonds is 4. The molecule has 90 valence electrons. The molecule has 1 aromatic carbocycles. The zero-order chi connectivity index (χ0) is 12.3. The van der Waals surface area contributed by atoms with Gasteiger partial charge in [0.2, 0.25) is 0 Å². The van der Waals surface area contributed by atoms with E-state index in [2.05, 4.69) is 16.4 Å². The van der Waals surface area contributed by atoms with Crippen molar-refractivity contribution in [1.29, 1.82) is 0 Å². The monoisotopic (exact) mass is 284 g/mol. The third-order valence-electron chi connectivity index (χ3n) is 2.07. The first kappa shape index (κ1) is 13.9. The minimum atomic E-state index is -2.87. The van der Waals surface area contributed by atoms with Crippen LogP contribution >= 0.6 is 34.1 Å². The van der Waals surface area contributed by atoms with Crippen molar-refractivity contribution in [3.8, 4) is 5.75 Å². The molecule has 0 bridgehead atoms. The van der Waals surface area contributed by atoms with E-state index in [-0.39, 0.29) is 15.5 Å². The molecule has 0 aliphatic carbocycles. The molecule has 0 fully saturated rings. The van der Waals surface area contributed by atoms with E-state index in [1.54, 1.807) is 12.1 Å². The molecule has 6 heteroatoms. The Bertz CT molecular complexity index is 372. The Balaban J connectivity index is 2.99. The third-order valence-corrected chi connectivity index (χ3v) is 4.43. The van der Waals surface area contributed by atoms with Crippen molar-refractivity contribution in [2.24, 2.45) is 0 Å². The molecule has 0 N–H and O–H groups in total. The summed E-state index contributed by atoms with van der Waals surface area (Å²) in [6, 6.07) is 4.75. The second-order valence-corrected chi connectivity index (χ2v) is 5.78. The lowest BCUT2D eigenvalue weighted by molar-refractivity contribution is -0.0497. The molecule has 1 aromatic rings. The van der Waals surface area contributed by atoms with E-state index in [9.17, 15) is 8.78 Å². The number of hydrogen-bond donors (Lipinski definition) is 1. The van der Waals surface area contributed by atoms with Crippen LogP contribution in [0.5, 0.6) is 5.75 Å². The van der Waals surface area contributed by atoms with Gasteiger partial charge in [0.1, 0.15) is 5.75 Å². The predicted octanol–water partition coefficient (Wildman–Crippen LogP) is 4.75. The van der Waals surface area contributed by atoms with E-state index < -0.39 is 6.61 Å². The second-order valence-electron chi connectivity index (χ2n) is 3.63. The SMILES string of the molecule is CC(C)(SS)c1ccc(OC(F)F)c(Cl)c1. The summed E-state index contributed by atoms with van der Waals surface area (Å²) in [5.74, 6) is -0.0135. The summed E-state index contributed by atoms with van der Waals surface area (Å²) in [5.41, 5.74) is 0.902. The quantitative estimate of drug-likeness (QED) is 0.631. The summed E-state index contributed by atoms with van der Waals surface area (Å²) in [4.78, 5) is 0. The van der Waals surface area contributed by atoms with Crippen LogP contribution in [0.1, 0.15) is 19.4 Å². The molecule has 0 amide bonds. The molecule has 0 radical (unpaired) electrons. The van der Waals surface area contributed by atoms with Gasteiger partial charge in [0.05, 0.1) is 5.02 Å². The molecule has 0 unspecified atom stereocenters. The molecule has 0 spiro atoms. The highest BCUT2D eigenvalue weighted by Crippen LogP contribution is 2.40. The fourth-order valence-electron chi connectivity index (χ4n) is 1.12. The maximum Gasteiger partial charge on any atom is 0.387 e. The first-order valence-corrected chi connectivity index (χ1v) is 6.69. The first-order valence-electron chi connectivity index (χ1n) is 4.44. The van der Waals surface area contributed by atoms with Gasteiger partial charge in [-0.1, -0.05) is 28.5 Å². The highest BCUT2D eigenvalue weighted by Gasteiger charge is 2.21. The average Bonchev–Trinajstić information content (AvgIpc) is 2.20. The van der Waals surface area contributed by atoms with Crippen molar-refractivity contribution in [3.05, 3.63) is 28.8 Å². The Hall–Kier alpha value is -0.130. The normalized spacial score (nSPS) is 11.9. The van der Waals surface area contributed by atoms with Crippen LogP contribution in [0.4, 0.5) is 8.78 Å². The Morgan fingerprint density at radius 1 is 1.44 bits per heavy atom. The van der Waals surface area contributed by atoms with Crippen LogP contribution in [0.15, 0.2) is 18.2 Å². The molecule has 1 rings (SSSR count). The summed E-state index contributed by atoms with van der Waals surface area (Å²) >= 11 is 9.99. The van der Waals surface area contributed by atoms with Crippen molar-refractivity contribution in [1.82, 2.24) is 0 Å². The van der Waals surface area contributed by atoms with E-state index in [1.807, 2.05) is 13.8 Å². The standard InChI is InChI=1S/C10H11ClF2OS2/c1-10(2,16-15)6-3-4-8(7(11)5-6)14-9(12)13/h3-5,9,15H,1-2H3. The zero-order valence-electron chi connectivity index (χ0n) is 8.71. The Morgan fingerprint density at radius 3 is 2.50 bits per heavy atom. The Labute approximate surface area is 107 Å². The fraction of sp³-hybridized carbons (Fsp3) is 0.400. The number of hydrogen-bond acceptors (Lipinski definition) is 3. The molecule has 0 aliphatic rings. The van der Waals surface area contributed by atoms with Crippen molar-refractivity contribution < 1.29 is 13.5 Å². The summed E-state index contributed by atoms with van der Waals surface area (Å²) in [7, 11) is 1.36. The molecule has 0 heterocycles. The van der Waals surface area contributed by atoms with E-state index >= 15 is 0 Å². The third kappa shape index (κ3) is 3.43. The molecular formula is C10H11ClF2OS2. The van der Waals surface area contributed by atoms with Gasteiger partial charge in [-0.05, 0) is 31.5 Å². The van der Waals surface area contributed by atoms with Gasteiger partial charge in [0.25, 0.3) is 0 Å². The zero-order valence-corrected chi connectivity index (χ0v) is 11.2. The number of benzene rings is 1. The average molecular weight is 285 g/mol. The molecule has 16 heavy (non-hydrogen) atoms. The summed E-state index contributed by atoms with van der Waals surface area (Å²) in [5, 5.41) is 0.174. The Kier molecular flexibility index (Phi) is 4.76. The predicted molar refractivity (Wildman–Crippen MR) is 67.7 cm³/mol. The van der Waals surface area contributed by atoms with Gasteiger partial charge in [0.15, 0.2) is 0 Å². The lowest BCUT2D eigenvalue weighted by Gasteiger charge is -2.22. The van der Waals surface area contributed by atoms with Crippen LogP contribution in [0.2, 0.25) is 5.02 Å². The number of halogens is 3. The van der Waals surface area contributed by atoms with Gasteiger partial charge < -0.3 is 4.74 Å². The molecule has 0 aliphatic heterocycles. The van der Waals surface area contributed by atoms with Gasteiger partial charge in [0, 0.05) is 4.75 Å². The molecule has 0 atom stereocenters. The maximum absolute atomic E-state index is 12.0. The van der Waals surface area contributed by atoms with E-state index in [0.717, 1.165) is 5.56 Å². The summed E-state index contributed by atoms with van der Waals surface area (Å²) in [6.07, 6.45) is 0. The van der Waals surface area contributed by atoms with Crippen LogP contribution in [0, 0.1) is 0 Å². The van der Waals surface area contributed by atoms with Gasteiger partial charge in [-0.3, -0.25) is 0 Å². The van der Waals surface area contributed by atoms with E-state index in [4.69, 9.17) is 11.6 Å². The van der Waals surface area contributed by atoms with Gasteiger partial charge in [-0.25, -0.2) is 0 Å². The van der Waals surface area contributed by atoms with Crippen molar-refractivity contribution >= 4 is 34.1 Å². The van der Waals surface area contributed by atoms with Crippen LogP contribution in [-0.4, -0.2) is 6.61 Å². The minimum Gasteiger partial charge on any atom is -0.433 e. The smallest absolute Gasteiger partial charge is 0.387 e. The maximum atomic E-state index is 12.0. The van der Waals surface area contributed by atoms with Crippen LogP contribution in [0.25, 0.3) is 0 Å². The second kappa shape index (κ2) is 5.47. The summed E-state index contributed by atoms with van der Waals surface area (Å²) in [6.45, 7) is 1.06. The van der Waals surface area contributed by atoms with Crippen LogP contribution < -0.4 is 4.74 Å². The van der Waals surface area contributed by atoms with Crippen molar-refractivity contribution in [2.45, 2.75) is 25.2 Å². The molecule has 0 aromatic heterocycles. The van der Waals surface area contributed by atoms with Gasteiger partial charge in [-0.2, -0.15) is 8.78 Å². The van der Waals surface area contributed by atoms with Crippen molar-refractivity contribution in [2.75, 3.05) is 0 Å². The molecule has 1 nitrogen and oxygen atoms in total. The largest absolute Gasteiger partial charge is 0.433 e. The Morgan fingerprint density at radius 2 is 2.06 bits per heavy atom. The van der Waals surface area contributed by atoms with Gasteiger partial charge in [-0.15, -0.1) is 11.7 Å². The number of ether oxygens (including phenoxy) is 1. The number of thiol groups is 1. The van der Waals surface area contributed by atoms with E-state index in [1.165, 1.54) is 16.9 Å². The fourth-order valence-corrected chi connectivity index (χ4v) is 1.89. The van der Waals surface area contributed by atoms with Crippen LogP contribution in [-0.2, 0) is 4.75 Å². The summed E-state index contributed by atoms with van der Waals surface area (Å²) < 4.78 is 28.0. The van der Waals surface area contributed by atoms with Crippen LogP contribution in [0.3, 0.4) is 0 Å². The lowest BCUT2D eigenvalue weighted by atomic mass is 10.0. The molecule has 0 saturated heterocycles. The lowest BCUT2D eigenvalue weighted by Crippen LogP contribution is -2.10. The van der Waals surface area contributed by atoms with E-state index in [0.29, 0.717) is 0 Å². The molecular weight excluding hydrogens is 274 g/mol. The van der Waals surface area contributed by atoms with Gasteiger partial charge >= 0.3 is 6.61 Å². The minimum absolute atomic E-state index is 0.0135. The first-order chi connectivity index (χ1) is 7.36. The highest BCUT2D eigenvalue weighted by molar-refractivity contribution is 8.68. The number of alkyl halides is 2. The highest BCUT2D eigenvalue weighted by atomic mass is 35.5. The topological polar surface area (TPSA) is 9.23 Å². The molecule has 0 saturated carbocycles. The van der Waals surface area contributed by atoms with Crippen molar-refractivity contribution in [3.63, 3.8) is 0 Å².